The first-order chi connectivity index (χ1) is 10.4. The average Bonchev–Trinajstić information content (AvgIpc) is 2.34. The lowest BCUT2D eigenvalue weighted by Gasteiger charge is -2.66. The average molecular weight is 397 g/mol. The molecule has 1 saturated heterocycles. The molecule has 0 aromatic carbocycles. The van der Waals surface area contributed by atoms with Crippen LogP contribution in [0.15, 0.2) is 0 Å². The third-order valence-electron chi connectivity index (χ3n) is 7.07. The molecule has 138 valence electrons. The minimum absolute atomic E-state index is 0.525. The van der Waals surface area contributed by atoms with Gasteiger partial charge in [-0.15, -0.1) is 0 Å². The van der Waals surface area contributed by atoms with Gasteiger partial charge in [0.2, 0.25) is 0 Å². The molecule has 0 amide bonds. The molecular weight excluding hydrogens is 355 g/mol. The highest BCUT2D eigenvalue weighted by atomic mass is 29.9. The Bertz CT molecular complexity index is 410. The third kappa shape index (κ3) is 3.29. The Labute approximate surface area is 157 Å². The van der Waals surface area contributed by atoms with Gasteiger partial charge in [0.1, 0.15) is 0 Å². The molecule has 1 aliphatic heterocycles. The minimum Gasteiger partial charge on any atom is -0.363 e. The molecule has 0 radical (unpaired) electrons. The van der Waals surface area contributed by atoms with E-state index in [4.69, 9.17) is 0 Å². The zero-order valence-corrected chi connectivity index (χ0v) is 23.1. The maximum Gasteiger partial charge on any atom is 0.286 e. The Kier molecular flexibility index (Phi) is 6.54. The summed E-state index contributed by atoms with van der Waals surface area (Å²) in [7, 11) is 3.22. The smallest absolute Gasteiger partial charge is 0.286 e. The van der Waals surface area contributed by atoms with Crippen molar-refractivity contribution in [2.45, 2.75) is 72.6 Å². The van der Waals surface area contributed by atoms with Crippen molar-refractivity contribution < 1.29 is 0 Å². The van der Waals surface area contributed by atoms with E-state index in [0.29, 0.717) is 20.5 Å². The lowest BCUT2D eigenvalue weighted by Crippen LogP contribution is -2.97. The fourth-order valence-electron chi connectivity index (χ4n) is 6.73. The van der Waals surface area contributed by atoms with Crippen molar-refractivity contribution >= 4 is 49.8 Å². The standard InChI is InChI=1S/C14H42B3N3Si4/c1-15-18(3)16(2)20(5)17(19(15)4)24(21(6,7)8,22(9,10)11)23(12,13)14/h1-14H3. The van der Waals surface area contributed by atoms with Crippen molar-refractivity contribution in [3.8, 4) is 0 Å². The van der Waals surface area contributed by atoms with Gasteiger partial charge in [-0.25, -0.2) is 0 Å². The summed E-state index contributed by atoms with van der Waals surface area (Å²) >= 11 is 0. The highest BCUT2D eigenvalue weighted by Crippen LogP contribution is 2.41. The van der Waals surface area contributed by atoms with Crippen LogP contribution in [-0.4, -0.2) is 85.1 Å². The predicted molar refractivity (Wildman–Crippen MR) is 128 cm³/mol. The summed E-state index contributed by atoms with van der Waals surface area (Å²) in [5.41, 5.74) is 0. The lowest BCUT2D eigenvalue weighted by molar-refractivity contribution is 0.554. The van der Waals surface area contributed by atoms with Gasteiger partial charge >= 0.3 is 0 Å². The quantitative estimate of drug-likeness (QED) is 0.675. The first-order valence-electron chi connectivity index (χ1n) is 9.58. The Morgan fingerprint density at radius 1 is 0.500 bits per heavy atom. The van der Waals surface area contributed by atoms with E-state index in [1.165, 1.54) is 0 Å². The van der Waals surface area contributed by atoms with Gasteiger partial charge in [0.05, 0.1) is 6.50 Å². The second kappa shape index (κ2) is 6.83. The van der Waals surface area contributed by atoms with E-state index >= 15 is 0 Å². The van der Waals surface area contributed by atoms with Crippen molar-refractivity contribution in [2.24, 2.45) is 0 Å². The largest absolute Gasteiger partial charge is 0.363 e. The fraction of sp³-hybridized carbons (Fsp3) is 1.00. The summed E-state index contributed by atoms with van der Waals surface area (Å²) in [5.74, 6) is 0. The molecule has 0 bridgehead atoms. The van der Waals surface area contributed by atoms with Crippen LogP contribution >= 0.6 is 0 Å². The molecule has 1 rings (SSSR count). The second-order valence-electron chi connectivity index (χ2n) is 11.2. The van der Waals surface area contributed by atoms with Crippen LogP contribution in [0.4, 0.5) is 0 Å². The first kappa shape index (κ1) is 23.0. The van der Waals surface area contributed by atoms with E-state index in [9.17, 15) is 0 Å². The summed E-state index contributed by atoms with van der Waals surface area (Å²) in [6.07, 6.45) is 0. The Morgan fingerprint density at radius 3 is 0.958 bits per heavy atom. The molecule has 0 aromatic heterocycles. The fourth-order valence-corrected chi connectivity index (χ4v) is 109. The van der Waals surface area contributed by atoms with Gasteiger partial charge < -0.3 is 14.2 Å². The van der Waals surface area contributed by atoms with Crippen LogP contribution in [-0.2, 0) is 0 Å². The Hall–Kier alpha value is 0.942. The summed E-state index contributed by atoms with van der Waals surface area (Å²) in [6, 6.07) is 0. The molecule has 3 nitrogen and oxygen atoms in total. The summed E-state index contributed by atoms with van der Waals surface area (Å²) in [4.78, 5) is 0. The number of hydrogen-bond donors (Lipinski definition) is 0. The number of hydrogen-bond acceptors (Lipinski definition) is 3. The van der Waals surface area contributed by atoms with E-state index in [0.717, 1.165) is 0 Å². The van der Waals surface area contributed by atoms with E-state index in [1.54, 1.807) is 0 Å². The molecule has 0 unspecified atom stereocenters. The predicted octanol–water partition coefficient (Wildman–Crippen LogP) is 3.30. The van der Waals surface area contributed by atoms with E-state index in [1.807, 2.05) is 0 Å². The second-order valence-corrected chi connectivity index (χ2v) is 51.9. The van der Waals surface area contributed by atoms with Gasteiger partial charge in [0, 0.05) is 22.8 Å². The zero-order valence-electron chi connectivity index (χ0n) is 19.1. The van der Waals surface area contributed by atoms with E-state index < -0.39 is 29.3 Å². The molecule has 0 atom stereocenters. The first-order valence-corrected chi connectivity index (χ1v) is 25.2. The van der Waals surface area contributed by atoms with E-state index in [2.05, 4.69) is 108 Å². The monoisotopic (exact) mass is 397 g/mol. The molecule has 0 aromatic rings. The van der Waals surface area contributed by atoms with Crippen LogP contribution in [0, 0.1) is 0 Å². The molecule has 1 aliphatic rings. The number of nitrogens with zero attached hydrogens (tertiary/aromatic N) is 3. The van der Waals surface area contributed by atoms with Crippen LogP contribution < -0.4 is 0 Å². The SMILES string of the molecule is CB1N(C)B(C)N(C)B([Si]([Si](C)(C)C)([Si](C)(C)C)[Si](C)(C)C)N1C. The third-order valence-corrected chi connectivity index (χ3v) is 79.9. The zero-order chi connectivity index (χ0) is 19.5. The van der Waals surface area contributed by atoms with Gasteiger partial charge in [-0.05, 0) is 21.1 Å². The summed E-state index contributed by atoms with van der Waals surface area (Å²) in [5, 5.41) is 0. The molecule has 0 N–H and O–H groups in total. The Morgan fingerprint density at radius 2 is 0.750 bits per heavy atom. The van der Waals surface area contributed by atoms with Gasteiger partial charge in [-0.1, -0.05) is 72.6 Å². The van der Waals surface area contributed by atoms with Crippen LogP contribution in [0.2, 0.25) is 72.6 Å². The van der Waals surface area contributed by atoms with Crippen LogP contribution in [0.25, 0.3) is 0 Å². The van der Waals surface area contributed by atoms with Crippen molar-refractivity contribution in [1.29, 1.82) is 0 Å². The lowest BCUT2D eigenvalue weighted by atomic mass is 9.52. The highest BCUT2D eigenvalue weighted by Gasteiger charge is 2.70. The normalized spacial score (nSPS) is 21.0. The molecule has 0 saturated carbocycles. The molecule has 1 heterocycles. The Balaban J connectivity index is 3.78. The molecule has 0 spiro atoms. The molecular formula is C14H42B3N3Si4. The van der Waals surface area contributed by atoms with Crippen LogP contribution in [0.3, 0.4) is 0 Å². The van der Waals surface area contributed by atoms with Gasteiger partial charge in [-0.3, -0.25) is 0 Å². The molecule has 0 aliphatic carbocycles. The molecule has 10 heteroatoms. The minimum atomic E-state index is -1.50. The van der Waals surface area contributed by atoms with E-state index in [-0.39, 0.29) is 0 Å². The number of rotatable bonds is 4. The maximum absolute atomic E-state index is 2.76. The summed E-state index contributed by atoms with van der Waals surface area (Å²) < 4.78 is 8.07. The van der Waals surface area contributed by atoms with Crippen LogP contribution in [0.5, 0.6) is 0 Å². The maximum atomic E-state index is 2.76. The molecule has 1 fully saturated rings. The van der Waals surface area contributed by atoms with Crippen molar-refractivity contribution in [3.63, 3.8) is 0 Å². The van der Waals surface area contributed by atoms with Gasteiger partial charge in [0.15, 0.2) is 0 Å². The summed E-state index contributed by atoms with van der Waals surface area (Å²) in [6.45, 7) is 29.5. The van der Waals surface area contributed by atoms with Crippen LogP contribution in [0.1, 0.15) is 0 Å². The van der Waals surface area contributed by atoms with Crippen molar-refractivity contribution in [1.82, 2.24) is 14.2 Å². The van der Waals surface area contributed by atoms with Gasteiger partial charge in [0.25, 0.3) is 20.5 Å². The topological polar surface area (TPSA) is 9.72 Å². The molecule has 24 heavy (non-hydrogen) atoms. The van der Waals surface area contributed by atoms with Crippen molar-refractivity contribution in [2.75, 3.05) is 21.1 Å². The van der Waals surface area contributed by atoms with Gasteiger partial charge in [-0.2, -0.15) is 0 Å². The highest BCUT2D eigenvalue weighted by molar-refractivity contribution is 8.03. The van der Waals surface area contributed by atoms with Crippen molar-refractivity contribution in [3.05, 3.63) is 0 Å².